The molecule has 82 valence electrons. The standard InChI is InChI=1S/C10H24NO.ClH/c1-4-11(5-2,6-3)9-7-8-10-12;/h12H,4-10H2,1-3H3;1H/q+1;/p-1. The monoisotopic (exact) mass is 209 g/mol. The molecule has 0 aliphatic carbocycles. The van der Waals surface area contributed by atoms with Crippen molar-refractivity contribution in [1.29, 1.82) is 0 Å². The van der Waals surface area contributed by atoms with Gasteiger partial charge in [0.25, 0.3) is 0 Å². The first-order valence-electron chi connectivity index (χ1n) is 5.20. The van der Waals surface area contributed by atoms with E-state index in [9.17, 15) is 0 Å². The third kappa shape index (κ3) is 5.50. The average Bonchev–Trinajstić information content (AvgIpc) is 2.14. The molecule has 0 aliphatic heterocycles. The van der Waals surface area contributed by atoms with Crippen LogP contribution in [0.25, 0.3) is 0 Å². The summed E-state index contributed by atoms with van der Waals surface area (Å²) in [5, 5.41) is 8.67. The van der Waals surface area contributed by atoms with Crippen LogP contribution >= 0.6 is 0 Å². The van der Waals surface area contributed by atoms with E-state index < -0.39 is 0 Å². The Morgan fingerprint density at radius 3 is 1.69 bits per heavy atom. The number of quaternary nitrogens is 1. The summed E-state index contributed by atoms with van der Waals surface area (Å²) in [6, 6.07) is 0. The fourth-order valence-corrected chi connectivity index (χ4v) is 1.70. The van der Waals surface area contributed by atoms with Crippen LogP contribution in [0.2, 0.25) is 0 Å². The molecule has 0 aromatic heterocycles. The third-order valence-electron chi connectivity index (χ3n) is 3.05. The van der Waals surface area contributed by atoms with Crippen molar-refractivity contribution >= 4 is 0 Å². The van der Waals surface area contributed by atoms with Gasteiger partial charge in [-0.05, 0) is 33.6 Å². The fourth-order valence-electron chi connectivity index (χ4n) is 1.70. The zero-order valence-corrected chi connectivity index (χ0v) is 9.98. The van der Waals surface area contributed by atoms with E-state index in [1.165, 1.54) is 30.7 Å². The zero-order valence-electron chi connectivity index (χ0n) is 9.22. The van der Waals surface area contributed by atoms with Crippen LogP contribution in [-0.4, -0.2) is 42.4 Å². The van der Waals surface area contributed by atoms with E-state index in [0.29, 0.717) is 6.61 Å². The van der Waals surface area contributed by atoms with Gasteiger partial charge in [-0.3, -0.25) is 0 Å². The van der Waals surface area contributed by atoms with Gasteiger partial charge in [0, 0.05) is 6.61 Å². The lowest BCUT2D eigenvalue weighted by atomic mass is 10.2. The Morgan fingerprint density at radius 2 is 1.38 bits per heavy atom. The second-order valence-electron chi connectivity index (χ2n) is 3.44. The van der Waals surface area contributed by atoms with Gasteiger partial charge in [-0.25, -0.2) is 0 Å². The van der Waals surface area contributed by atoms with Crippen LogP contribution in [0.5, 0.6) is 0 Å². The second kappa shape index (κ2) is 8.79. The van der Waals surface area contributed by atoms with Gasteiger partial charge in [-0.1, -0.05) is 0 Å². The molecule has 0 radical (unpaired) electrons. The molecule has 0 saturated heterocycles. The average molecular weight is 210 g/mol. The summed E-state index contributed by atoms with van der Waals surface area (Å²) in [5.74, 6) is 0. The molecule has 0 aromatic carbocycles. The number of unbranched alkanes of at least 4 members (excludes halogenated alkanes) is 1. The topological polar surface area (TPSA) is 20.2 Å². The molecular formula is C10H24ClNO. The highest BCUT2D eigenvalue weighted by molar-refractivity contribution is 4.41. The van der Waals surface area contributed by atoms with Crippen molar-refractivity contribution < 1.29 is 22.0 Å². The number of rotatable bonds is 7. The van der Waals surface area contributed by atoms with Gasteiger partial charge in [-0.15, -0.1) is 0 Å². The van der Waals surface area contributed by atoms with Gasteiger partial charge < -0.3 is 22.0 Å². The van der Waals surface area contributed by atoms with Gasteiger partial charge in [-0.2, -0.15) is 0 Å². The van der Waals surface area contributed by atoms with Crippen molar-refractivity contribution in [2.45, 2.75) is 33.6 Å². The molecule has 0 bridgehead atoms. The van der Waals surface area contributed by atoms with Crippen molar-refractivity contribution in [2.24, 2.45) is 0 Å². The van der Waals surface area contributed by atoms with Crippen molar-refractivity contribution in [3.8, 4) is 0 Å². The van der Waals surface area contributed by atoms with Gasteiger partial charge in [0.1, 0.15) is 0 Å². The normalized spacial score (nSPS) is 11.1. The molecule has 0 saturated carbocycles. The smallest absolute Gasteiger partial charge is 0.0787 e. The Kier molecular flexibility index (Phi) is 10.6. The summed E-state index contributed by atoms with van der Waals surface area (Å²) >= 11 is 0. The third-order valence-corrected chi connectivity index (χ3v) is 3.05. The van der Waals surface area contributed by atoms with Crippen LogP contribution in [-0.2, 0) is 0 Å². The predicted molar refractivity (Wildman–Crippen MR) is 53.1 cm³/mol. The van der Waals surface area contributed by atoms with Gasteiger partial charge in [0.15, 0.2) is 0 Å². The van der Waals surface area contributed by atoms with Crippen LogP contribution in [0.15, 0.2) is 0 Å². The molecule has 0 aromatic rings. The fraction of sp³-hybridized carbons (Fsp3) is 1.00. The number of hydrogen-bond acceptors (Lipinski definition) is 1. The molecular weight excluding hydrogens is 186 g/mol. The first-order valence-corrected chi connectivity index (χ1v) is 5.20. The largest absolute Gasteiger partial charge is 1.00 e. The van der Waals surface area contributed by atoms with Crippen LogP contribution in [0, 0.1) is 0 Å². The van der Waals surface area contributed by atoms with Gasteiger partial charge in [0.05, 0.1) is 26.2 Å². The Labute approximate surface area is 88.9 Å². The minimum atomic E-state index is 0. The lowest BCUT2D eigenvalue weighted by Gasteiger charge is -2.35. The van der Waals surface area contributed by atoms with E-state index in [0.717, 1.165) is 12.8 Å². The first-order chi connectivity index (χ1) is 5.74. The van der Waals surface area contributed by atoms with Crippen LogP contribution in [0.3, 0.4) is 0 Å². The van der Waals surface area contributed by atoms with Gasteiger partial charge >= 0.3 is 0 Å². The summed E-state index contributed by atoms with van der Waals surface area (Å²) in [4.78, 5) is 0. The maximum atomic E-state index is 8.67. The predicted octanol–water partition coefficient (Wildman–Crippen LogP) is -1.36. The highest BCUT2D eigenvalue weighted by Crippen LogP contribution is 2.07. The molecule has 0 aliphatic rings. The number of halogens is 1. The van der Waals surface area contributed by atoms with Crippen molar-refractivity contribution in [3.05, 3.63) is 0 Å². The SMILES string of the molecule is CC[N+](CC)(CC)CCCCO.[Cl-]. The highest BCUT2D eigenvalue weighted by atomic mass is 35.5. The first kappa shape index (κ1) is 15.7. The lowest BCUT2D eigenvalue weighted by molar-refractivity contribution is -0.923. The second-order valence-corrected chi connectivity index (χ2v) is 3.44. The molecule has 1 N–H and O–H groups in total. The van der Waals surface area contributed by atoms with Crippen molar-refractivity contribution in [2.75, 3.05) is 32.8 Å². The maximum absolute atomic E-state index is 8.67. The van der Waals surface area contributed by atoms with Crippen LogP contribution in [0.4, 0.5) is 0 Å². The number of hydrogen-bond donors (Lipinski definition) is 1. The molecule has 0 unspecified atom stereocenters. The number of aliphatic hydroxyl groups excluding tert-OH is 1. The molecule has 0 amide bonds. The Balaban J connectivity index is 0. The Hall–Kier alpha value is 0.210. The highest BCUT2D eigenvalue weighted by Gasteiger charge is 2.19. The molecule has 2 nitrogen and oxygen atoms in total. The van der Waals surface area contributed by atoms with E-state index in [1.807, 2.05) is 0 Å². The minimum Gasteiger partial charge on any atom is -1.00 e. The molecule has 13 heavy (non-hydrogen) atoms. The van der Waals surface area contributed by atoms with Gasteiger partial charge in [0.2, 0.25) is 0 Å². The summed E-state index contributed by atoms with van der Waals surface area (Å²) in [6.45, 7) is 12.0. The molecule has 3 heteroatoms. The van der Waals surface area contributed by atoms with Crippen molar-refractivity contribution in [1.82, 2.24) is 0 Å². The molecule has 0 atom stereocenters. The van der Waals surface area contributed by atoms with E-state index in [2.05, 4.69) is 20.8 Å². The Morgan fingerprint density at radius 1 is 0.923 bits per heavy atom. The van der Waals surface area contributed by atoms with E-state index in [-0.39, 0.29) is 12.4 Å². The summed E-state index contributed by atoms with van der Waals surface area (Å²) in [5.41, 5.74) is 0. The number of nitrogens with zero attached hydrogens (tertiary/aromatic N) is 1. The summed E-state index contributed by atoms with van der Waals surface area (Å²) in [7, 11) is 0. The summed E-state index contributed by atoms with van der Waals surface area (Å²) < 4.78 is 1.21. The van der Waals surface area contributed by atoms with Crippen LogP contribution < -0.4 is 12.4 Å². The van der Waals surface area contributed by atoms with E-state index in [4.69, 9.17) is 5.11 Å². The zero-order chi connectivity index (χ0) is 9.45. The quantitative estimate of drug-likeness (QED) is 0.406. The molecule has 0 rings (SSSR count). The van der Waals surface area contributed by atoms with Crippen LogP contribution in [0.1, 0.15) is 33.6 Å². The maximum Gasteiger partial charge on any atom is 0.0787 e. The lowest BCUT2D eigenvalue weighted by Crippen LogP contribution is -3.00. The minimum absolute atomic E-state index is 0. The van der Waals surface area contributed by atoms with E-state index >= 15 is 0 Å². The van der Waals surface area contributed by atoms with Crippen molar-refractivity contribution in [3.63, 3.8) is 0 Å². The van der Waals surface area contributed by atoms with E-state index in [1.54, 1.807) is 0 Å². The number of aliphatic hydroxyl groups is 1. The molecule has 0 fully saturated rings. The Bertz CT molecular complexity index is 96.8. The summed E-state index contributed by atoms with van der Waals surface area (Å²) in [6.07, 6.45) is 2.12. The molecule has 0 heterocycles. The molecule has 0 spiro atoms.